The molecule has 10 aromatic rings. The Hall–Kier alpha value is -8.33. The summed E-state index contributed by atoms with van der Waals surface area (Å²) >= 11 is 0. The summed E-state index contributed by atoms with van der Waals surface area (Å²) in [5, 5.41) is 0. The highest BCUT2D eigenvalue weighted by molar-refractivity contribution is 6.70. The lowest BCUT2D eigenvalue weighted by Crippen LogP contribution is -2.59. The van der Waals surface area contributed by atoms with Crippen LogP contribution in [0.2, 0.25) is 39.3 Å². The van der Waals surface area contributed by atoms with E-state index in [1.807, 2.05) is 0 Å². The van der Waals surface area contributed by atoms with Gasteiger partial charge in [0.2, 0.25) is 0 Å². The molecule has 8 nitrogen and oxygen atoms in total. The molecule has 0 bridgehead atoms. The van der Waals surface area contributed by atoms with Crippen LogP contribution in [0.3, 0.4) is 0 Å². The van der Waals surface area contributed by atoms with Crippen molar-refractivity contribution >= 4 is 16.6 Å². The Labute approximate surface area is 536 Å². The largest absolute Gasteiger partial charge is 0.493 e. The molecule has 2 aliphatic rings. The van der Waals surface area contributed by atoms with Gasteiger partial charge in [0.1, 0.15) is 11.2 Å². The fourth-order valence-corrected chi connectivity index (χ4v) is 16.7. The van der Waals surface area contributed by atoms with Gasteiger partial charge in [0.25, 0.3) is 0 Å². The van der Waals surface area contributed by atoms with E-state index in [4.69, 9.17) is 27.8 Å². The van der Waals surface area contributed by atoms with Gasteiger partial charge in [0.05, 0.1) is 52.6 Å². The van der Waals surface area contributed by atoms with E-state index in [0.29, 0.717) is 0 Å². The van der Waals surface area contributed by atoms with Gasteiger partial charge in [-0.25, -0.2) is 0 Å². The molecule has 0 fully saturated rings. The molecule has 90 heavy (non-hydrogen) atoms. The highest BCUT2D eigenvalue weighted by Gasteiger charge is 2.54. The second-order valence-corrected chi connectivity index (χ2v) is 34.4. The number of methoxy groups -OCH3 is 4. The topological polar surface area (TPSA) is 61.9 Å². The van der Waals surface area contributed by atoms with Crippen molar-refractivity contribution in [2.24, 2.45) is 0 Å². The van der Waals surface area contributed by atoms with Crippen molar-refractivity contribution in [3.05, 3.63) is 334 Å². The monoisotopic (exact) mass is 1230 g/mol. The van der Waals surface area contributed by atoms with E-state index in [0.717, 1.165) is 71.2 Å². The van der Waals surface area contributed by atoms with Gasteiger partial charge in [-0.1, -0.05) is 243 Å². The highest BCUT2D eigenvalue weighted by Crippen LogP contribution is 2.54. The van der Waals surface area contributed by atoms with Gasteiger partial charge < -0.3 is 27.8 Å². The molecule has 2 aliphatic heterocycles. The highest BCUT2D eigenvalue weighted by atomic mass is 28.4. The van der Waals surface area contributed by atoms with Gasteiger partial charge in [-0.2, -0.15) is 0 Å². The minimum atomic E-state index is -2.16. The van der Waals surface area contributed by atoms with Gasteiger partial charge in [-0.3, -0.25) is 9.80 Å². The maximum atomic E-state index is 7.65. The normalized spacial score (nSPS) is 17.0. The van der Waals surface area contributed by atoms with Crippen LogP contribution < -0.4 is 18.9 Å². The summed E-state index contributed by atoms with van der Waals surface area (Å²) in [6, 6.07) is 95.3. The fraction of sp³-hybridized carbons (Fsp3) is 0.250. The number of hydrogen-bond donors (Lipinski definition) is 0. The van der Waals surface area contributed by atoms with Crippen molar-refractivity contribution in [2.75, 3.05) is 28.4 Å². The molecule has 0 aliphatic carbocycles. The van der Waals surface area contributed by atoms with Crippen molar-refractivity contribution in [1.29, 1.82) is 0 Å². The standard InChI is InChI=1S/2C40H43NO3Si/c2*1-42-36-26-32-27-38(40(44-45(3,4)5,33-22-14-8-15-23-33)34-24-16-9-17-25-34)41(29-30-18-10-6-11-19-30)39(31-20-12-7-13-21-31)35(32)28-37(36)43-2/h2*6-26,28,38-39H,27,29H2,1-5H3/t2*38-,39+/m00/s1. The third-order valence-corrected chi connectivity index (χ3v) is 19.4. The van der Waals surface area contributed by atoms with Crippen LogP contribution in [0.5, 0.6) is 23.0 Å². The first kappa shape index (κ1) is 63.2. The first-order chi connectivity index (χ1) is 43.7. The molecule has 0 spiro atoms. The van der Waals surface area contributed by atoms with Crippen molar-refractivity contribution in [1.82, 2.24) is 9.80 Å². The van der Waals surface area contributed by atoms with Crippen LogP contribution in [0, 0.1) is 0 Å². The van der Waals surface area contributed by atoms with Crippen LogP contribution in [0.15, 0.2) is 267 Å². The van der Waals surface area contributed by atoms with E-state index in [9.17, 15) is 0 Å². The zero-order valence-corrected chi connectivity index (χ0v) is 55.9. The average Bonchev–Trinajstić information content (AvgIpc) is 0.728. The first-order valence-electron chi connectivity index (χ1n) is 31.5. The Balaban J connectivity index is 0.000000185. The van der Waals surface area contributed by atoms with Crippen LogP contribution in [-0.4, -0.2) is 67.0 Å². The molecule has 2 heterocycles. The number of benzene rings is 10. The van der Waals surface area contributed by atoms with Gasteiger partial charge in [0, 0.05) is 13.1 Å². The van der Waals surface area contributed by atoms with Crippen LogP contribution in [0.4, 0.5) is 0 Å². The summed E-state index contributed by atoms with van der Waals surface area (Å²) in [4.78, 5) is 5.36. The van der Waals surface area contributed by atoms with E-state index in [2.05, 4.69) is 316 Å². The molecule has 0 unspecified atom stereocenters. The van der Waals surface area contributed by atoms with Crippen molar-refractivity contribution in [3.63, 3.8) is 0 Å². The molecular weight excluding hydrogens is 1140 g/mol. The lowest BCUT2D eigenvalue weighted by molar-refractivity contribution is -0.0302. The summed E-state index contributed by atoms with van der Waals surface area (Å²) in [6.45, 7) is 15.3. The molecule has 12 rings (SSSR count). The van der Waals surface area contributed by atoms with Gasteiger partial charge in [-0.15, -0.1) is 0 Å². The molecule has 10 aromatic carbocycles. The molecule has 0 saturated carbocycles. The van der Waals surface area contributed by atoms with E-state index >= 15 is 0 Å². The second-order valence-electron chi connectivity index (χ2n) is 25.6. The molecular formula is C80H86N2O6Si2. The van der Waals surface area contributed by atoms with Gasteiger partial charge >= 0.3 is 0 Å². The predicted octanol–water partition coefficient (Wildman–Crippen LogP) is 18.0. The molecule has 4 atom stereocenters. The Morgan fingerprint density at radius 1 is 0.333 bits per heavy atom. The van der Waals surface area contributed by atoms with Crippen molar-refractivity contribution in [2.45, 2.75) is 101 Å². The number of hydrogen-bond acceptors (Lipinski definition) is 8. The fourth-order valence-electron chi connectivity index (χ4n) is 14.0. The Morgan fingerprint density at radius 3 is 0.833 bits per heavy atom. The molecule has 0 aromatic heterocycles. The number of rotatable bonds is 20. The SMILES string of the molecule is COc1cc2c(cc1OC)[C@@H](c1ccccc1)N(Cc1ccccc1)[C@H](C(O[Si](C)(C)C)(c1ccccc1)c1ccccc1)C2.COc1cc2c(cc1OC)[C@@H](c1ccccc1)N(Cc1ccccc1)[C@H](C(O[Si](C)(C)C)(c1ccccc1)c1ccccc1)C2. The van der Waals surface area contributed by atoms with Crippen LogP contribution in [-0.2, 0) is 46.0 Å². The summed E-state index contributed by atoms with van der Waals surface area (Å²) in [6.07, 6.45) is 1.53. The summed E-state index contributed by atoms with van der Waals surface area (Å²) in [5.74, 6) is 2.97. The summed E-state index contributed by atoms with van der Waals surface area (Å²) in [5.41, 5.74) is 13.1. The van der Waals surface area contributed by atoms with Gasteiger partial charge in [0.15, 0.2) is 39.6 Å². The number of nitrogens with zero attached hydrogens (tertiary/aromatic N) is 2. The molecule has 460 valence electrons. The molecule has 0 radical (unpaired) electrons. The van der Waals surface area contributed by atoms with Crippen LogP contribution >= 0.6 is 0 Å². The lowest BCUT2D eigenvalue weighted by Gasteiger charge is -2.54. The van der Waals surface area contributed by atoms with E-state index in [1.165, 1.54) is 44.5 Å². The quantitative estimate of drug-likeness (QED) is 0.0700. The first-order valence-corrected chi connectivity index (χ1v) is 38.3. The van der Waals surface area contributed by atoms with Crippen LogP contribution in [0.25, 0.3) is 0 Å². The summed E-state index contributed by atoms with van der Waals surface area (Å²) in [7, 11) is 2.54. The minimum absolute atomic E-state index is 0.0583. The third kappa shape index (κ3) is 13.4. The zero-order valence-electron chi connectivity index (χ0n) is 53.9. The molecule has 0 N–H and O–H groups in total. The maximum Gasteiger partial charge on any atom is 0.185 e. The van der Waals surface area contributed by atoms with Crippen molar-refractivity contribution in [3.8, 4) is 23.0 Å². The average molecular weight is 1230 g/mol. The molecule has 0 amide bonds. The van der Waals surface area contributed by atoms with E-state index in [1.54, 1.807) is 28.4 Å². The minimum Gasteiger partial charge on any atom is -0.493 e. The van der Waals surface area contributed by atoms with Gasteiger partial charge in [-0.05, 0) is 143 Å². The van der Waals surface area contributed by atoms with Crippen molar-refractivity contribution < 1.29 is 27.8 Å². The number of fused-ring (bicyclic) bond motifs is 2. The lowest BCUT2D eigenvalue weighted by atomic mass is 9.72. The molecule has 0 saturated heterocycles. The number of ether oxygens (including phenoxy) is 4. The van der Waals surface area contributed by atoms with E-state index in [-0.39, 0.29) is 24.2 Å². The second kappa shape index (κ2) is 27.8. The predicted molar refractivity (Wildman–Crippen MR) is 371 cm³/mol. The molecule has 10 heteroatoms. The Bertz CT molecular complexity index is 3560. The maximum absolute atomic E-state index is 7.65. The smallest absolute Gasteiger partial charge is 0.185 e. The van der Waals surface area contributed by atoms with E-state index < -0.39 is 27.8 Å². The summed E-state index contributed by atoms with van der Waals surface area (Å²) < 4.78 is 38.8. The van der Waals surface area contributed by atoms with Crippen LogP contribution in [0.1, 0.15) is 78.8 Å². The Morgan fingerprint density at radius 2 is 0.578 bits per heavy atom. The third-order valence-electron chi connectivity index (χ3n) is 17.5. The zero-order chi connectivity index (χ0) is 62.9. The Kier molecular flexibility index (Phi) is 19.6.